The molecule has 8 heteroatoms. The van der Waals surface area contributed by atoms with E-state index in [1.165, 1.54) is 0 Å². The molecule has 0 spiro atoms. The predicted molar refractivity (Wildman–Crippen MR) is 74.8 cm³/mol. The van der Waals surface area contributed by atoms with Crippen LogP contribution >= 0.6 is 27.3 Å². The molecule has 106 valence electrons. The van der Waals surface area contributed by atoms with Crippen LogP contribution in [-0.4, -0.2) is 20.0 Å². The molecule has 0 unspecified atom stereocenters. The molecule has 0 aliphatic rings. The Hall–Kier alpha value is -1.12. The average Bonchev–Trinajstić information content (AvgIpc) is 2.78. The molecule has 0 saturated carbocycles. The highest BCUT2D eigenvalue weighted by atomic mass is 79.9. The van der Waals surface area contributed by atoms with Crippen molar-refractivity contribution in [3.8, 4) is 0 Å². The van der Waals surface area contributed by atoms with Crippen molar-refractivity contribution in [1.29, 1.82) is 0 Å². The standard InChI is InChI=1S/C12H7BrF2O3S2/c13-8-3-4-19-12(8)10(16)6-20(17,18)11-5-7(14)1-2-9(11)15/h1-5H,6H2. The number of sulfone groups is 1. The molecule has 0 aliphatic heterocycles. The first kappa shape index (κ1) is 15.3. The fourth-order valence-electron chi connectivity index (χ4n) is 1.52. The normalized spacial score (nSPS) is 11.6. The van der Waals surface area contributed by atoms with Gasteiger partial charge in [0.1, 0.15) is 22.3 Å². The number of hydrogen-bond acceptors (Lipinski definition) is 4. The van der Waals surface area contributed by atoms with Crippen LogP contribution in [0.25, 0.3) is 0 Å². The molecule has 1 heterocycles. The molecule has 0 saturated heterocycles. The Kier molecular flexibility index (Phi) is 4.36. The number of ketones is 1. The van der Waals surface area contributed by atoms with E-state index >= 15 is 0 Å². The number of carbonyl (C=O) groups excluding carboxylic acids is 1. The molecular formula is C12H7BrF2O3S2. The molecule has 0 bridgehead atoms. The van der Waals surface area contributed by atoms with Gasteiger partial charge in [0.25, 0.3) is 0 Å². The predicted octanol–water partition coefficient (Wildman–Crippen LogP) is 3.45. The average molecular weight is 381 g/mol. The molecule has 2 rings (SSSR count). The van der Waals surface area contributed by atoms with Gasteiger partial charge in [-0.05, 0) is 45.6 Å². The number of Topliss-reactive ketones (excluding diaryl/α,β-unsaturated/α-hetero) is 1. The molecule has 3 nitrogen and oxygen atoms in total. The van der Waals surface area contributed by atoms with Crippen LogP contribution in [-0.2, 0) is 9.84 Å². The van der Waals surface area contributed by atoms with Gasteiger partial charge in [0, 0.05) is 4.47 Å². The van der Waals surface area contributed by atoms with Gasteiger partial charge in [-0.25, -0.2) is 17.2 Å². The Labute approximate surface area is 126 Å². The Morgan fingerprint density at radius 2 is 1.95 bits per heavy atom. The third-order valence-electron chi connectivity index (χ3n) is 2.42. The molecule has 0 amide bonds. The molecule has 0 N–H and O–H groups in total. The molecular weight excluding hydrogens is 374 g/mol. The first-order valence-electron chi connectivity index (χ1n) is 5.25. The number of halogens is 3. The molecule has 2 aromatic rings. The highest BCUT2D eigenvalue weighted by molar-refractivity contribution is 9.10. The van der Waals surface area contributed by atoms with Gasteiger partial charge in [0.2, 0.25) is 0 Å². The summed E-state index contributed by atoms with van der Waals surface area (Å²) in [6, 6.07) is 3.70. The van der Waals surface area contributed by atoms with Gasteiger partial charge < -0.3 is 0 Å². The Balaban J connectivity index is 2.35. The molecule has 1 aromatic heterocycles. The smallest absolute Gasteiger partial charge is 0.189 e. The Morgan fingerprint density at radius 1 is 1.25 bits per heavy atom. The molecule has 0 radical (unpaired) electrons. The van der Waals surface area contributed by atoms with E-state index in [0.29, 0.717) is 16.6 Å². The maximum atomic E-state index is 13.5. The number of rotatable bonds is 4. The zero-order chi connectivity index (χ0) is 14.9. The summed E-state index contributed by atoms with van der Waals surface area (Å²) >= 11 is 4.19. The summed E-state index contributed by atoms with van der Waals surface area (Å²) < 4.78 is 50.9. The number of carbonyl (C=O) groups is 1. The quantitative estimate of drug-likeness (QED) is 0.763. The largest absolute Gasteiger partial charge is 0.292 e. The van der Waals surface area contributed by atoms with Gasteiger partial charge in [-0.15, -0.1) is 11.3 Å². The third-order valence-corrected chi connectivity index (χ3v) is 5.92. The minimum atomic E-state index is -4.23. The summed E-state index contributed by atoms with van der Waals surface area (Å²) in [5.74, 6) is -3.54. The van der Waals surface area contributed by atoms with E-state index in [9.17, 15) is 22.0 Å². The second-order valence-corrected chi connectivity index (χ2v) is 7.58. The van der Waals surface area contributed by atoms with Gasteiger partial charge in [-0.3, -0.25) is 4.79 Å². The van der Waals surface area contributed by atoms with Crippen LogP contribution in [0.4, 0.5) is 8.78 Å². The third kappa shape index (κ3) is 3.13. The van der Waals surface area contributed by atoms with E-state index in [4.69, 9.17) is 0 Å². The van der Waals surface area contributed by atoms with Crippen molar-refractivity contribution >= 4 is 42.9 Å². The first-order chi connectivity index (χ1) is 9.31. The van der Waals surface area contributed by atoms with Crippen molar-refractivity contribution in [3.05, 3.63) is 50.6 Å². The zero-order valence-corrected chi connectivity index (χ0v) is 13.0. The maximum absolute atomic E-state index is 13.5. The molecule has 0 aliphatic carbocycles. The highest BCUT2D eigenvalue weighted by Gasteiger charge is 2.25. The molecule has 20 heavy (non-hydrogen) atoms. The van der Waals surface area contributed by atoms with E-state index in [-0.39, 0.29) is 4.88 Å². The number of hydrogen-bond donors (Lipinski definition) is 0. The van der Waals surface area contributed by atoms with Crippen LogP contribution in [0.2, 0.25) is 0 Å². The van der Waals surface area contributed by atoms with Gasteiger partial charge >= 0.3 is 0 Å². The molecule has 1 aromatic carbocycles. The summed E-state index contributed by atoms with van der Waals surface area (Å²) in [5.41, 5.74) is 0. The summed E-state index contributed by atoms with van der Waals surface area (Å²) in [6.45, 7) is 0. The summed E-state index contributed by atoms with van der Waals surface area (Å²) in [5, 5.41) is 1.62. The Morgan fingerprint density at radius 3 is 2.55 bits per heavy atom. The van der Waals surface area contributed by atoms with Crippen LogP contribution in [0.5, 0.6) is 0 Å². The van der Waals surface area contributed by atoms with Gasteiger partial charge in [0.15, 0.2) is 15.6 Å². The summed E-state index contributed by atoms with van der Waals surface area (Å²) in [6.07, 6.45) is 0. The zero-order valence-electron chi connectivity index (χ0n) is 9.77. The molecule has 0 atom stereocenters. The van der Waals surface area contributed by atoms with Crippen molar-refractivity contribution in [2.75, 3.05) is 5.75 Å². The SMILES string of the molecule is O=C(CS(=O)(=O)c1cc(F)ccc1F)c1sccc1Br. The number of thiophene rings is 1. The van der Waals surface area contributed by atoms with Crippen molar-refractivity contribution in [2.24, 2.45) is 0 Å². The fourth-order valence-corrected chi connectivity index (χ4v) is 4.45. The second kappa shape index (κ2) is 5.71. The van der Waals surface area contributed by atoms with E-state index in [2.05, 4.69) is 15.9 Å². The fraction of sp³-hybridized carbons (Fsp3) is 0.0833. The van der Waals surface area contributed by atoms with Crippen LogP contribution in [0, 0.1) is 11.6 Å². The lowest BCUT2D eigenvalue weighted by molar-refractivity contribution is 0.102. The monoisotopic (exact) mass is 380 g/mol. The number of benzene rings is 1. The van der Waals surface area contributed by atoms with Crippen LogP contribution < -0.4 is 0 Å². The van der Waals surface area contributed by atoms with E-state index in [1.807, 2.05) is 0 Å². The van der Waals surface area contributed by atoms with Gasteiger partial charge in [0.05, 0.1) is 4.88 Å². The van der Waals surface area contributed by atoms with Crippen LogP contribution in [0.3, 0.4) is 0 Å². The topological polar surface area (TPSA) is 51.2 Å². The Bertz CT molecular complexity index is 769. The first-order valence-corrected chi connectivity index (χ1v) is 8.58. The lowest BCUT2D eigenvalue weighted by Gasteiger charge is -2.05. The van der Waals surface area contributed by atoms with Crippen molar-refractivity contribution in [1.82, 2.24) is 0 Å². The minimum absolute atomic E-state index is 0.227. The van der Waals surface area contributed by atoms with E-state index in [0.717, 1.165) is 17.4 Å². The van der Waals surface area contributed by atoms with Crippen LogP contribution in [0.1, 0.15) is 9.67 Å². The van der Waals surface area contributed by atoms with Crippen molar-refractivity contribution < 1.29 is 22.0 Å². The lowest BCUT2D eigenvalue weighted by Crippen LogP contribution is -2.17. The van der Waals surface area contributed by atoms with Crippen molar-refractivity contribution in [3.63, 3.8) is 0 Å². The second-order valence-electron chi connectivity index (χ2n) is 3.85. The lowest BCUT2D eigenvalue weighted by atomic mass is 10.3. The van der Waals surface area contributed by atoms with Gasteiger partial charge in [-0.1, -0.05) is 0 Å². The van der Waals surface area contributed by atoms with Gasteiger partial charge in [-0.2, -0.15) is 0 Å². The minimum Gasteiger partial charge on any atom is -0.292 e. The van der Waals surface area contributed by atoms with Crippen molar-refractivity contribution in [2.45, 2.75) is 4.90 Å². The van der Waals surface area contributed by atoms with E-state index < -0.39 is 37.9 Å². The molecule has 0 fully saturated rings. The maximum Gasteiger partial charge on any atom is 0.189 e. The van der Waals surface area contributed by atoms with Crippen LogP contribution in [0.15, 0.2) is 39.0 Å². The summed E-state index contributed by atoms with van der Waals surface area (Å²) in [4.78, 5) is 11.3. The highest BCUT2D eigenvalue weighted by Crippen LogP contribution is 2.25. The van der Waals surface area contributed by atoms with E-state index in [1.54, 1.807) is 11.4 Å². The summed E-state index contributed by atoms with van der Waals surface area (Å²) in [7, 11) is -4.23.